The van der Waals surface area contributed by atoms with Crippen LogP contribution in [0.1, 0.15) is 0 Å². The molecule has 44 heavy (non-hydrogen) atoms. The van der Waals surface area contributed by atoms with E-state index in [2.05, 4.69) is 132 Å². The molecule has 0 atom stereocenters. The highest BCUT2D eigenvalue weighted by atomic mass is 14.9. The third-order valence-electron chi connectivity index (χ3n) is 8.20. The minimum atomic E-state index is 0.700. The number of pyridine rings is 1. The third-order valence-corrected chi connectivity index (χ3v) is 8.20. The van der Waals surface area contributed by atoms with Crippen molar-refractivity contribution < 1.29 is 0 Å². The highest BCUT2D eigenvalue weighted by Crippen LogP contribution is 2.41. The fraction of sp³-hybridized carbons (Fsp3) is 0. The van der Waals surface area contributed by atoms with Crippen molar-refractivity contribution >= 4 is 21.5 Å². The van der Waals surface area contributed by atoms with E-state index in [1.165, 1.54) is 5.39 Å². The van der Waals surface area contributed by atoms with Gasteiger partial charge in [-0.2, -0.15) is 0 Å². The molecule has 0 N–H and O–H groups in total. The smallest absolute Gasteiger partial charge is 0.160 e. The summed E-state index contributed by atoms with van der Waals surface area (Å²) in [6.45, 7) is 0. The summed E-state index contributed by atoms with van der Waals surface area (Å²) in [5.41, 5.74) is 9.46. The molecular formula is C41H27N3. The Morgan fingerprint density at radius 3 is 1.73 bits per heavy atom. The van der Waals surface area contributed by atoms with Gasteiger partial charge in [-0.25, -0.2) is 9.97 Å². The number of hydrogen-bond acceptors (Lipinski definition) is 3. The quantitative estimate of drug-likeness (QED) is 0.210. The van der Waals surface area contributed by atoms with Gasteiger partial charge in [0, 0.05) is 34.6 Å². The maximum Gasteiger partial charge on any atom is 0.160 e. The van der Waals surface area contributed by atoms with Gasteiger partial charge in [-0.1, -0.05) is 140 Å². The zero-order valence-corrected chi connectivity index (χ0v) is 23.9. The van der Waals surface area contributed by atoms with Crippen LogP contribution in [0, 0.1) is 0 Å². The molecular weight excluding hydrogens is 534 g/mol. The lowest BCUT2D eigenvalue weighted by Crippen LogP contribution is -1.98. The third kappa shape index (κ3) is 4.61. The molecule has 0 aliphatic heterocycles. The van der Waals surface area contributed by atoms with Crippen LogP contribution in [-0.4, -0.2) is 15.0 Å². The van der Waals surface area contributed by atoms with Crippen LogP contribution in [0.15, 0.2) is 164 Å². The minimum absolute atomic E-state index is 0.700. The van der Waals surface area contributed by atoms with Gasteiger partial charge < -0.3 is 0 Å². The topological polar surface area (TPSA) is 38.7 Å². The lowest BCUT2D eigenvalue weighted by molar-refractivity contribution is 1.19. The molecule has 0 aliphatic rings. The van der Waals surface area contributed by atoms with E-state index in [1.807, 2.05) is 36.7 Å². The van der Waals surface area contributed by atoms with Crippen LogP contribution in [0.25, 0.3) is 77.7 Å². The van der Waals surface area contributed by atoms with Crippen molar-refractivity contribution in [2.45, 2.75) is 0 Å². The molecule has 0 amide bonds. The van der Waals surface area contributed by atoms with Crippen LogP contribution in [0.3, 0.4) is 0 Å². The first-order valence-electron chi connectivity index (χ1n) is 14.8. The molecule has 0 saturated heterocycles. The maximum absolute atomic E-state index is 5.26. The molecule has 0 saturated carbocycles. The average Bonchev–Trinajstić information content (AvgIpc) is 3.11. The Kier molecular flexibility index (Phi) is 6.47. The van der Waals surface area contributed by atoms with Crippen LogP contribution in [0.2, 0.25) is 0 Å². The lowest BCUT2D eigenvalue weighted by atomic mass is 9.90. The second kappa shape index (κ2) is 11.0. The van der Waals surface area contributed by atoms with E-state index < -0.39 is 0 Å². The van der Waals surface area contributed by atoms with Gasteiger partial charge in [0.15, 0.2) is 5.82 Å². The number of nitrogens with zero attached hydrogens (tertiary/aromatic N) is 3. The van der Waals surface area contributed by atoms with E-state index >= 15 is 0 Å². The van der Waals surface area contributed by atoms with Gasteiger partial charge in [-0.05, 0) is 50.4 Å². The summed E-state index contributed by atoms with van der Waals surface area (Å²) in [5, 5.41) is 4.64. The van der Waals surface area contributed by atoms with E-state index in [-0.39, 0.29) is 0 Å². The zero-order valence-electron chi connectivity index (χ0n) is 23.9. The molecule has 0 aliphatic carbocycles. The number of hydrogen-bond donors (Lipinski definition) is 0. The Bertz CT molecular complexity index is 2260. The molecule has 206 valence electrons. The average molecular weight is 562 g/mol. The molecule has 0 fully saturated rings. The van der Waals surface area contributed by atoms with E-state index in [0.29, 0.717) is 5.82 Å². The standard InChI is InChI=1S/C41H27N3/c1-3-12-28(13-4-1)34-22-21-29-14-7-8-18-33(29)40(34)39-26-38(43-41(44-39)30-15-5-2-6-16-30)37-24-23-32(31-17-11-25-42-27-31)35-19-9-10-20-36(35)37/h1-27H. The molecule has 3 heteroatoms. The first kappa shape index (κ1) is 25.8. The number of rotatable bonds is 5. The van der Waals surface area contributed by atoms with E-state index in [0.717, 1.165) is 66.5 Å². The number of fused-ring (bicyclic) bond motifs is 2. The van der Waals surface area contributed by atoms with Crippen LogP contribution in [-0.2, 0) is 0 Å². The van der Waals surface area contributed by atoms with Crippen LogP contribution >= 0.6 is 0 Å². The van der Waals surface area contributed by atoms with Gasteiger partial charge in [0.1, 0.15) is 0 Å². The van der Waals surface area contributed by atoms with Crippen molar-refractivity contribution in [3.8, 4) is 56.2 Å². The minimum Gasteiger partial charge on any atom is -0.264 e. The summed E-state index contributed by atoms with van der Waals surface area (Å²) in [7, 11) is 0. The first-order chi connectivity index (χ1) is 21.8. The summed E-state index contributed by atoms with van der Waals surface area (Å²) in [4.78, 5) is 14.8. The second-order valence-electron chi connectivity index (χ2n) is 10.9. The zero-order chi connectivity index (χ0) is 29.3. The Balaban J connectivity index is 1.43. The van der Waals surface area contributed by atoms with Crippen molar-refractivity contribution in [1.29, 1.82) is 0 Å². The molecule has 0 unspecified atom stereocenters. The van der Waals surface area contributed by atoms with Gasteiger partial charge in [-0.3, -0.25) is 4.98 Å². The van der Waals surface area contributed by atoms with Gasteiger partial charge >= 0.3 is 0 Å². The Labute approximate surface area is 256 Å². The van der Waals surface area contributed by atoms with E-state index in [1.54, 1.807) is 0 Å². The molecule has 0 bridgehead atoms. The Morgan fingerprint density at radius 1 is 0.386 bits per heavy atom. The number of aromatic nitrogens is 3. The van der Waals surface area contributed by atoms with Crippen molar-refractivity contribution in [1.82, 2.24) is 15.0 Å². The van der Waals surface area contributed by atoms with Crippen molar-refractivity contribution in [3.05, 3.63) is 164 Å². The van der Waals surface area contributed by atoms with E-state index in [4.69, 9.17) is 9.97 Å². The monoisotopic (exact) mass is 561 g/mol. The fourth-order valence-electron chi connectivity index (χ4n) is 6.13. The molecule has 3 nitrogen and oxygen atoms in total. The molecule has 8 aromatic rings. The molecule has 6 aromatic carbocycles. The van der Waals surface area contributed by atoms with Crippen molar-refractivity contribution in [2.24, 2.45) is 0 Å². The van der Waals surface area contributed by atoms with Gasteiger partial charge in [0.25, 0.3) is 0 Å². The Hall–Kier alpha value is -5.93. The first-order valence-corrected chi connectivity index (χ1v) is 14.8. The summed E-state index contributed by atoms with van der Waals surface area (Å²) < 4.78 is 0. The molecule has 0 radical (unpaired) electrons. The lowest BCUT2D eigenvalue weighted by Gasteiger charge is -2.17. The predicted molar refractivity (Wildman–Crippen MR) is 182 cm³/mol. The van der Waals surface area contributed by atoms with Crippen LogP contribution in [0.4, 0.5) is 0 Å². The molecule has 2 aromatic heterocycles. The van der Waals surface area contributed by atoms with Gasteiger partial charge in [0.2, 0.25) is 0 Å². The highest BCUT2D eigenvalue weighted by Gasteiger charge is 2.18. The largest absolute Gasteiger partial charge is 0.264 e. The predicted octanol–water partition coefficient (Wildman–Crippen LogP) is 10.5. The fourth-order valence-corrected chi connectivity index (χ4v) is 6.13. The summed E-state index contributed by atoms with van der Waals surface area (Å²) in [5.74, 6) is 0.700. The van der Waals surface area contributed by atoms with Crippen LogP contribution < -0.4 is 0 Å². The Morgan fingerprint density at radius 2 is 0.977 bits per heavy atom. The summed E-state index contributed by atoms with van der Waals surface area (Å²) in [6, 6.07) is 53.0. The number of benzene rings is 6. The van der Waals surface area contributed by atoms with Gasteiger partial charge in [-0.15, -0.1) is 0 Å². The second-order valence-corrected chi connectivity index (χ2v) is 10.9. The SMILES string of the molecule is c1ccc(-c2nc(-c3c(-c4ccccc4)ccc4ccccc34)cc(-c3ccc(-c4cccnc4)c4ccccc34)n2)cc1. The summed E-state index contributed by atoms with van der Waals surface area (Å²) >= 11 is 0. The highest BCUT2D eigenvalue weighted by molar-refractivity contribution is 6.06. The molecule has 8 rings (SSSR count). The van der Waals surface area contributed by atoms with Crippen molar-refractivity contribution in [2.75, 3.05) is 0 Å². The van der Waals surface area contributed by atoms with Gasteiger partial charge in [0.05, 0.1) is 11.4 Å². The molecule has 2 heterocycles. The van der Waals surface area contributed by atoms with Crippen LogP contribution in [0.5, 0.6) is 0 Å². The van der Waals surface area contributed by atoms with E-state index in [9.17, 15) is 0 Å². The molecule has 0 spiro atoms. The maximum atomic E-state index is 5.26. The normalized spacial score (nSPS) is 11.2. The summed E-state index contributed by atoms with van der Waals surface area (Å²) in [6.07, 6.45) is 3.73. The van der Waals surface area contributed by atoms with Crippen molar-refractivity contribution in [3.63, 3.8) is 0 Å².